The lowest BCUT2D eigenvalue weighted by Gasteiger charge is -2.17. The molecule has 2 N–H and O–H groups in total. The number of nitro groups is 1. The zero-order valence-corrected chi connectivity index (χ0v) is 23.6. The van der Waals surface area contributed by atoms with Crippen LogP contribution < -0.4 is 20.1 Å². The molecule has 204 valence electrons. The molecule has 0 amide bonds. The third-order valence-electron chi connectivity index (χ3n) is 5.97. The molecule has 0 bridgehead atoms. The van der Waals surface area contributed by atoms with Crippen molar-refractivity contribution in [1.29, 1.82) is 5.26 Å². The van der Waals surface area contributed by atoms with E-state index in [0.717, 1.165) is 5.56 Å². The van der Waals surface area contributed by atoms with E-state index in [-0.39, 0.29) is 16.7 Å². The highest BCUT2D eigenvalue weighted by Crippen LogP contribution is 2.41. The summed E-state index contributed by atoms with van der Waals surface area (Å²) in [6.45, 7) is 1.79. The maximum absolute atomic E-state index is 12.2. The van der Waals surface area contributed by atoms with Crippen molar-refractivity contribution in [3.8, 4) is 17.6 Å². The molecule has 0 saturated carbocycles. The fourth-order valence-electron chi connectivity index (χ4n) is 3.99. The van der Waals surface area contributed by atoms with Crippen LogP contribution >= 0.6 is 34.8 Å². The van der Waals surface area contributed by atoms with E-state index in [0.29, 0.717) is 44.0 Å². The lowest BCUT2D eigenvalue weighted by molar-refractivity contribution is -0.383. The van der Waals surface area contributed by atoms with Gasteiger partial charge in [-0.3, -0.25) is 10.1 Å². The molecule has 1 heterocycles. The van der Waals surface area contributed by atoms with E-state index in [2.05, 4.69) is 26.7 Å². The zero-order chi connectivity index (χ0) is 29.0. The number of anilines is 4. The summed E-state index contributed by atoms with van der Waals surface area (Å²) in [5.41, 5.74) is 2.35. The number of aryl methyl sites for hydroxylation is 1. The van der Waals surface area contributed by atoms with Crippen molar-refractivity contribution in [1.82, 2.24) is 9.97 Å². The highest BCUT2D eigenvalue weighted by molar-refractivity contribution is 6.32. The second kappa shape index (κ2) is 12.3. The quantitative estimate of drug-likeness (QED) is 0.146. The normalized spacial score (nSPS) is 11.3. The molecule has 4 aromatic rings. The standard InChI is InChI=1S/C27H21Cl3N6O4/c1-14-8-17(18(12-31)15-4-6-16(28)7-5-15)19(29)9-21(14)34-26-25(36(37)38)27(33-13-32-26)35-22-10-20(30)23(39-2)11-24(22)40-3/h4-11,13,18H,1-3H3,(H2,32,33,34,35). The van der Waals surface area contributed by atoms with Gasteiger partial charge in [0.05, 0.1) is 41.8 Å². The first kappa shape index (κ1) is 28.7. The molecule has 0 saturated heterocycles. The van der Waals surface area contributed by atoms with Gasteiger partial charge in [-0.25, -0.2) is 9.97 Å². The first-order valence-corrected chi connectivity index (χ1v) is 12.7. The van der Waals surface area contributed by atoms with Crippen molar-refractivity contribution < 1.29 is 14.4 Å². The lowest BCUT2D eigenvalue weighted by Crippen LogP contribution is -2.07. The molecular formula is C27H21Cl3N6O4. The Hall–Kier alpha value is -4.30. The second-order valence-corrected chi connectivity index (χ2v) is 9.67. The van der Waals surface area contributed by atoms with E-state index in [1.54, 1.807) is 49.4 Å². The number of nitrogens with zero attached hydrogens (tertiary/aromatic N) is 4. The van der Waals surface area contributed by atoms with Gasteiger partial charge >= 0.3 is 5.69 Å². The zero-order valence-electron chi connectivity index (χ0n) is 21.3. The molecule has 3 aromatic carbocycles. The summed E-state index contributed by atoms with van der Waals surface area (Å²) < 4.78 is 10.6. The lowest BCUT2D eigenvalue weighted by atomic mass is 9.91. The van der Waals surface area contributed by atoms with Crippen LogP contribution in [-0.2, 0) is 0 Å². The first-order chi connectivity index (χ1) is 19.2. The van der Waals surface area contributed by atoms with Crippen molar-refractivity contribution in [3.05, 3.63) is 96.7 Å². The molecular weight excluding hydrogens is 579 g/mol. The van der Waals surface area contributed by atoms with Gasteiger partial charge in [-0.1, -0.05) is 53.0 Å². The van der Waals surface area contributed by atoms with Gasteiger partial charge in [0.25, 0.3) is 0 Å². The summed E-state index contributed by atoms with van der Waals surface area (Å²) in [6, 6.07) is 15.6. The van der Waals surface area contributed by atoms with Crippen molar-refractivity contribution in [2.45, 2.75) is 12.8 Å². The van der Waals surface area contributed by atoms with Gasteiger partial charge < -0.3 is 20.1 Å². The minimum absolute atomic E-state index is 0.0810. The molecule has 0 spiro atoms. The Bertz CT molecular complexity index is 1630. The van der Waals surface area contributed by atoms with Gasteiger partial charge in [-0.05, 0) is 47.9 Å². The average Bonchev–Trinajstić information content (AvgIpc) is 2.92. The molecule has 0 fully saturated rings. The van der Waals surface area contributed by atoms with Crippen LogP contribution in [0.5, 0.6) is 11.5 Å². The molecule has 1 atom stereocenters. The van der Waals surface area contributed by atoms with Crippen molar-refractivity contribution in [2.24, 2.45) is 0 Å². The topological polar surface area (TPSA) is 135 Å². The Morgan fingerprint density at radius 2 is 1.52 bits per heavy atom. The van der Waals surface area contributed by atoms with Crippen LogP contribution in [0.1, 0.15) is 22.6 Å². The van der Waals surface area contributed by atoms with Crippen LogP contribution in [0.25, 0.3) is 0 Å². The molecule has 0 aliphatic rings. The summed E-state index contributed by atoms with van der Waals surface area (Å²) in [5, 5.41) is 29.0. The number of rotatable bonds is 9. The third kappa shape index (κ3) is 5.97. The molecule has 1 aromatic heterocycles. The van der Waals surface area contributed by atoms with Gasteiger partial charge in [0, 0.05) is 21.8 Å². The molecule has 0 aliphatic carbocycles. The summed E-state index contributed by atoms with van der Waals surface area (Å²) in [5.74, 6) is -0.131. The van der Waals surface area contributed by atoms with Gasteiger partial charge in [0.1, 0.15) is 17.8 Å². The van der Waals surface area contributed by atoms with Crippen LogP contribution in [0.3, 0.4) is 0 Å². The molecule has 40 heavy (non-hydrogen) atoms. The third-order valence-corrected chi connectivity index (χ3v) is 6.85. The average molecular weight is 600 g/mol. The highest BCUT2D eigenvalue weighted by atomic mass is 35.5. The predicted octanol–water partition coefficient (Wildman–Crippen LogP) is 7.81. The number of nitrogens with one attached hydrogen (secondary N) is 2. The fraction of sp³-hybridized carbons (Fsp3) is 0.148. The maximum atomic E-state index is 12.2. The van der Waals surface area contributed by atoms with Gasteiger partial charge in [0.2, 0.25) is 11.6 Å². The number of nitriles is 1. The number of aromatic nitrogens is 2. The van der Waals surface area contributed by atoms with E-state index in [9.17, 15) is 15.4 Å². The summed E-state index contributed by atoms with van der Waals surface area (Å²) >= 11 is 18.8. The van der Waals surface area contributed by atoms with Crippen LogP contribution in [0.4, 0.5) is 28.7 Å². The van der Waals surface area contributed by atoms with E-state index in [4.69, 9.17) is 44.3 Å². The minimum Gasteiger partial charge on any atom is -0.495 e. The Kier molecular flexibility index (Phi) is 8.80. The molecule has 10 nitrogen and oxygen atoms in total. The van der Waals surface area contributed by atoms with Gasteiger partial charge in [-0.15, -0.1) is 0 Å². The molecule has 13 heteroatoms. The molecule has 4 rings (SSSR count). The van der Waals surface area contributed by atoms with Crippen LogP contribution in [0.2, 0.25) is 15.1 Å². The van der Waals surface area contributed by atoms with Crippen LogP contribution in [-0.4, -0.2) is 29.1 Å². The Morgan fingerprint density at radius 3 is 2.10 bits per heavy atom. The fourth-order valence-corrected chi connectivity index (χ4v) is 4.63. The first-order valence-electron chi connectivity index (χ1n) is 11.6. The van der Waals surface area contributed by atoms with E-state index in [1.165, 1.54) is 26.6 Å². The number of methoxy groups -OCH3 is 2. The Balaban J connectivity index is 1.70. The Labute approximate surface area is 244 Å². The summed E-state index contributed by atoms with van der Waals surface area (Å²) in [6.07, 6.45) is 1.17. The maximum Gasteiger partial charge on any atom is 0.353 e. The van der Waals surface area contributed by atoms with Gasteiger partial charge in [-0.2, -0.15) is 5.26 Å². The van der Waals surface area contributed by atoms with E-state index >= 15 is 0 Å². The number of hydrogen-bond acceptors (Lipinski definition) is 9. The number of benzene rings is 3. The van der Waals surface area contributed by atoms with Crippen molar-refractivity contribution >= 4 is 63.5 Å². The van der Waals surface area contributed by atoms with Crippen LogP contribution in [0.15, 0.2) is 54.9 Å². The number of ether oxygens (including phenoxy) is 2. The number of hydrogen-bond donors (Lipinski definition) is 2. The minimum atomic E-state index is -0.645. The molecule has 0 radical (unpaired) electrons. The SMILES string of the molecule is COc1cc(OC)c(Nc2ncnc(Nc3cc(Cl)c(C(C#N)c4ccc(Cl)cc4)cc3C)c2[N+](=O)[O-])cc1Cl. The Morgan fingerprint density at radius 1 is 0.925 bits per heavy atom. The van der Waals surface area contributed by atoms with Crippen LogP contribution in [0, 0.1) is 28.4 Å². The highest BCUT2D eigenvalue weighted by Gasteiger charge is 2.26. The molecule has 0 aliphatic heterocycles. The monoisotopic (exact) mass is 598 g/mol. The molecule has 1 unspecified atom stereocenters. The number of halogens is 3. The second-order valence-electron chi connectivity index (χ2n) is 8.42. The largest absolute Gasteiger partial charge is 0.495 e. The van der Waals surface area contributed by atoms with Gasteiger partial charge in [0.15, 0.2) is 0 Å². The van der Waals surface area contributed by atoms with E-state index < -0.39 is 16.5 Å². The predicted molar refractivity (Wildman–Crippen MR) is 155 cm³/mol. The van der Waals surface area contributed by atoms with Crippen molar-refractivity contribution in [2.75, 3.05) is 24.9 Å². The van der Waals surface area contributed by atoms with Crippen molar-refractivity contribution in [3.63, 3.8) is 0 Å². The summed E-state index contributed by atoms with van der Waals surface area (Å²) in [4.78, 5) is 19.7. The summed E-state index contributed by atoms with van der Waals surface area (Å²) in [7, 11) is 2.90. The smallest absolute Gasteiger partial charge is 0.353 e. The van der Waals surface area contributed by atoms with E-state index in [1.807, 2.05) is 0 Å².